The summed E-state index contributed by atoms with van der Waals surface area (Å²) in [6, 6.07) is 7.06. The van der Waals surface area contributed by atoms with Crippen LogP contribution in [-0.2, 0) is 29.3 Å². The Morgan fingerprint density at radius 2 is 1.96 bits per heavy atom. The van der Waals surface area contributed by atoms with E-state index in [2.05, 4.69) is 5.32 Å². The van der Waals surface area contributed by atoms with Gasteiger partial charge in [0.1, 0.15) is 22.5 Å². The van der Waals surface area contributed by atoms with Gasteiger partial charge >= 0.3 is 5.97 Å². The number of hydrogen-bond donors (Lipinski definition) is 2. The average molecular weight is 368 g/mol. The molecule has 3 N–H and O–H groups in total. The molecule has 7 heteroatoms. The van der Waals surface area contributed by atoms with Crippen LogP contribution < -0.4 is 11.1 Å². The number of nitrogens with one attached hydrogen (secondary N) is 1. The second kappa shape index (κ2) is 5.45. The number of amides is 1. The number of hydrogen-bond acceptors (Lipinski definition) is 6. The normalized spacial score (nSPS) is 25.7. The van der Waals surface area contributed by atoms with Crippen LogP contribution in [0, 0.1) is 5.41 Å². The molecule has 0 bridgehead atoms. The molecular weight excluding hydrogens is 348 g/mol. The predicted molar refractivity (Wildman–Crippen MR) is 96.1 cm³/mol. The van der Waals surface area contributed by atoms with Crippen LogP contribution in [0.4, 0.5) is 5.69 Å². The van der Waals surface area contributed by atoms with Crippen molar-refractivity contribution in [2.45, 2.75) is 32.1 Å². The van der Waals surface area contributed by atoms with Crippen molar-refractivity contribution in [1.29, 1.82) is 0 Å². The fraction of sp³-hybridized carbons (Fsp3) is 0.350. The topological polar surface area (TPSA) is 108 Å². The third-order valence-corrected chi connectivity index (χ3v) is 5.65. The van der Waals surface area contributed by atoms with Gasteiger partial charge in [0.15, 0.2) is 0 Å². The second-order valence-corrected chi connectivity index (χ2v) is 7.64. The van der Waals surface area contributed by atoms with Crippen LogP contribution in [-0.4, -0.2) is 24.8 Å². The van der Waals surface area contributed by atoms with Crippen molar-refractivity contribution < 1.29 is 23.9 Å². The van der Waals surface area contributed by atoms with Crippen molar-refractivity contribution >= 4 is 23.3 Å². The van der Waals surface area contributed by atoms with Crippen LogP contribution in [0.1, 0.15) is 32.3 Å². The largest absolute Gasteiger partial charge is 0.465 e. The minimum absolute atomic E-state index is 0.00212. The van der Waals surface area contributed by atoms with Gasteiger partial charge in [-0.05, 0) is 6.07 Å². The molecule has 0 saturated heterocycles. The number of ether oxygens (including phenoxy) is 2. The molecule has 7 nitrogen and oxygen atoms in total. The molecule has 0 fully saturated rings. The first-order valence-corrected chi connectivity index (χ1v) is 8.66. The number of Topliss-reactive ketones (excluding diaryl/α,β-unsaturated/α-hetero) is 1. The monoisotopic (exact) mass is 368 g/mol. The van der Waals surface area contributed by atoms with Gasteiger partial charge in [-0.25, -0.2) is 4.79 Å². The van der Waals surface area contributed by atoms with E-state index in [-0.39, 0.29) is 23.7 Å². The minimum atomic E-state index is -1.52. The average Bonchev–Trinajstić information content (AvgIpc) is 2.89. The number of carbonyl (C=O) groups is 3. The lowest BCUT2D eigenvalue weighted by molar-refractivity contribution is -0.139. The SMILES string of the molecule is COC(=O)C1=C(N)OC2=C(CC(=O)C(C)(C)C2)[C@]12C(=O)Nc1ccccc12. The molecule has 0 aromatic heterocycles. The molecule has 1 aliphatic carbocycles. The Balaban J connectivity index is 2.06. The van der Waals surface area contributed by atoms with E-state index in [1.807, 2.05) is 13.8 Å². The van der Waals surface area contributed by atoms with Gasteiger partial charge in [0, 0.05) is 35.1 Å². The summed E-state index contributed by atoms with van der Waals surface area (Å²) in [6.45, 7) is 3.65. The number of fused-ring (bicyclic) bond motifs is 3. The molecule has 2 heterocycles. The maximum absolute atomic E-state index is 13.3. The summed E-state index contributed by atoms with van der Waals surface area (Å²) < 4.78 is 10.7. The van der Waals surface area contributed by atoms with E-state index in [0.29, 0.717) is 29.0 Å². The number of allylic oxidation sites excluding steroid dienone is 1. The van der Waals surface area contributed by atoms with Crippen LogP contribution in [0.2, 0.25) is 0 Å². The first-order chi connectivity index (χ1) is 12.7. The number of esters is 1. The molecule has 140 valence electrons. The Labute approximate surface area is 156 Å². The molecule has 4 rings (SSSR count). The van der Waals surface area contributed by atoms with E-state index < -0.39 is 22.7 Å². The highest BCUT2D eigenvalue weighted by Gasteiger charge is 2.61. The third kappa shape index (κ3) is 2.11. The zero-order valence-electron chi connectivity index (χ0n) is 15.3. The Hall–Kier alpha value is -3.09. The van der Waals surface area contributed by atoms with Crippen molar-refractivity contribution in [3.8, 4) is 0 Å². The van der Waals surface area contributed by atoms with Crippen LogP contribution in [0.15, 0.2) is 47.1 Å². The zero-order chi connectivity index (χ0) is 19.6. The fourth-order valence-corrected chi connectivity index (χ4v) is 4.22. The second-order valence-electron chi connectivity index (χ2n) is 7.64. The van der Waals surface area contributed by atoms with Crippen LogP contribution in [0.3, 0.4) is 0 Å². The van der Waals surface area contributed by atoms with Gasteiger partial charge in [0.05, 0.1) is 7.11 Å². The summed E-state index contributed by atoms with van der Waals surface area (Å²) in [6.07, 6.45) is 0.297. The summed E-state index contributed by atoms with van der Waals surface area (Å²) in [4.78, 5) is 38.7. The Bertz CT molecular complexity index is 972. The molecule has 1 amide bonds. The van der Waals surface area contributed by atoms with Crippen LogP contribution in [0.5, 0.6) is 0 Å². The summed E-state index contributed by atoms with van der Waals surface area (Å²) in [7, 11) is 1.22. The standard InChI is InChI=1S/C20H20N2O5/c1-19(2)9-13-11(8-14(19)23)20(15(16(21)27-13)17(24)26-3)10-6-4-5-7-12(10)22-18(20)25/h4-7H,8-9,21H2,1-3H3,(H,22,25)/t20-/m0/s1. The molecule has 3 aliphatic rings. The smallest absolute Gasteiger partial charge is 0.340 e. The van der Waals surface area contributed by atoms with Gasteiger partial charge in [-0.2, -0.15) is 0 Å². The van der Waals surface area contributed by atoms with Gasteiger partial charge in [-0.15, -0.1) is 0 Å². The van der Waals surface area contributed by atoms with E-state index in [1.54, 1.807) is 24.3 Å². The lowest BCUT2D eigenvalue weighted by Gasteiger charge is -2.42. The maximum Gasteiger partial charge on any atom is 0.340 e. The predicted octanol–water partition coefficient (Wildman–Crippen LogP) is 1.89. The molecule has 0 radical (unpaired) electrons. The maximum atomic E-state index is 13.3. The Kier molecular flexibility index (Phi) is 3.50. The highest BCUT2D eigenvalue weighted by Crippen LogP contribution is 2.56. The van der Waals surface area contributed by atoms with E-state index in [1.165, 1.54) is 7.11 Å². The molecule has 2 aliphatic heterocycles. The first kappa shape index (κ1) is 17.3. The van der Waals surface area contributed by atoms with E-state index in [4.69, 9.17) is 15.2 Å². The molecule has 27 heavy (non-hydrogen) atoms. The summed E-state index contributed by atoms with van der Waals surface area (Å²) in [5.41, 5.74) is 5.48. The molecule has 0 saturated carbocycles. The third-order valence-electron chi connectivity index (χ3n) is 5.65. The first-order valence-electron chi connectivity index (χ1n) is 8.66. The number of methoxy groups -OCH3 is 1. The molecule has 1 aromatic rings. The van der Waals surface area contributed by atoms with Gasteiger partial charge in [0.2, 0.25) is 11.8 Å². The van der Waals surface area contributed by atoms with Crippen molar-refractivity contribution in [2.24, 2.45) is 11.1 Å². The van der Waals surface area contributed by atoms with Crippen molar-refractivity contribution in [3.05, 3.63) is 52.6 Å². The van der Waals surface area contributed by atoms with Gasteiger partial charge in [0.25, 0.3) is 0 Å². The highest BCUT2D eigenvalue weighted by atomic mass is 16.5. The molecule has 1 aromatic carbocycles. The minimum Gasteiger partial charge on any atom is -0.465 e. The zero-order valence-corrected chi connectivity index (χ0v) is 15.3. The summed E-state index contributed by atoms with van der Waals surface area (Å²) >= 11 is 0. The van der Waals surface area contributed by atoms with Gasteiger partial charge in [-0.1, -0.05) is 32.0 Å². The number of carbonyl (C=O) groups excluding carboxylic acids is 3. The van der Waals surface area contributed by atoms with E-state index in [9.17, 15) is 14.4 Å². The van der Waals surface area contributed by atoms with Crippen LogP contribution >= 0.6 is 0 Å². The number of anilines is 1. The lowest BCUT2D eigenvalue weighted by Crippen LogP contribution is -2.49. The highest BCUT2D eigenvalue weighted by molar-refractivity contribution is 6.17. The number of rotatable bonds is 1. The van der Waals surface area contributed by atoms with Crippen molar-refractivity contribution in [1.82, 2.24) is 0 Å². The van der Waals surface area contributed by atoms with E-state index in [0.717, 1.165) is 0 Å². The molecule has 1 spiro atoms. The van der Waals surface area contributed by atoms with Crippen LogP contribution in [0.25, 0.3) is 0 Å². The summed E-state index contributed by atoms with van der Waals surface area (Å²) in [5.74, 6) is -0.918. The Morgan fingerprint density at radius 3 is 2.67 bits per heavy atom. The Morgan fingerprint density at radius 1 is 1.26 bits per heavy atom. The number of para-hydroxylation sites is 1. The summed E-state index contributed by atoms with van der Waals surface area (Å²) in [5, 5.41) is 2.82. The lowest BCUT2D eigenvalue weighted by atomic mass is 9.62. The number of benzene rings is 1. The van der Waals surface area contributed by atoms with Gasteiger partial charge < -0.3 is 20.5 Å². The van der Waals surface area contributed by atoms with Gasteiger partial charge in [-0.3, -0.25) is 9.59 Å². The molecule has 0 unspecified atom stereocenters. The fourth-order valence-electron chi connectivity index (χ4n) is 4.22. The van der Waals surface area contributed by atoms with E-state index >= 15 is 0 Å². The molecule has 1 atom stereocenters. The quantitative estimate of drug-likeness (QED) is 0.733. The molecular formula is C20H20N2O5. The number of ketones is 1. The number of nitrogens with two attached hydrogens (primary N) is 1. The van der Waals surface area contributed by atoms with Crippen molar-refractivity contribution in [2.75, 3.05) is 12.4 Å². The van der Waals surface area contributed by atoms with Crippen molar-refractivity contribution in [3.63, 3.8) is 0 Å².